The zero-order chi connectivity index (χ0) is 18.8. The number of rotatable bonds is 12. The summed E-state index contributed by atoms with van der Waals surface area (Å²) in [6.45, 7) is 3.53. The van der Waals surface area contributed by atoms with Crippen LogP contribution in [0.2, 0.25) is 0 Å². The van der Waals surface area contributed by atoms with Gasteiger partial charge in [-0.15, -0.1) is 0 Å². The lowest BCUT2D eigenvalue weighted by atomic mass is 10.0. The van der Waals surface area contributed by atoms with Crippen molar-refractivity contribution in [1.82, 2.24) is 0 Å². The van der Waals surface area contributed by atoms with Gasteiger partial charge in [0.05, 0.1) is 19.5 Å². The highest BCUT2D eigenvalue weighted by Crippen LogP contribution is 2.19. The average Bonchev–Trinajstić information content (AvgIpc) is 2.60. The van der Waals surface area contributed by atoms with Crippen molar-refractivity contribution in [3.05, 3.63) is 48.0 Å². The van der Waals surface area contributed by atoms with Gasteiger partial charge in [-0.1, -0.05) is 49.4 Å². The van der Waals surface area contributed by atoms with Gasteiger partial charge in [0, 0.05) is 13.2 Å². The van der Waals surface area contributed by atoms with Crippen molar-refractivity contribution >= 4 is 20.9 Å². The lowest BCUT2D eigenvalue weighted by molar-refractivity contribution is -0.00338. The maximum atomic E-state index is 11.3. The smallest absolute Gasteiger partial charge is 0.264 e. The maximum Gasteiger partial charge on any atom is 0.264 e. The summed E-state index contributed by atoms with van der Waals surface area (Å²) in [6, 6.07) is 14.6. The van der Waals surface area contributed by atoms with E-state index in [9.17, 15) is 8.42 Å². The van der Waals surface area contributed by atoms with Crippen molar-refractivity contribution < 1.29 is 22.1 Å². The third-order valence-electron chi connectivity index (χ3n) is 3.88. The van der Waals surface area contributed by atoms with E-state index in [1.807, 2.05) is 19.1 Å². The second-order valence-corrected chi connectivity index (χ2v) is 7.91. The van der Waals surface area contributed by atoms with Crippen LogP contribution in [0.25, 0.3) is 10.8 Å². The normalized spacial score (nSPS) is 13.2. The molecule has 0 N–H and O–H groups in total. The molecule has 0 aliphatic rings. The van der Waals surface area contributed by atoms with E-state index in [1.54, 1.807) is 0 Å². The molecular weight excluding hydrogens is 352 g/mol. The first-order chi connectivity index (χ1) is 12.5. The third kappa shape index (κ3) is 7.41. The topological polar surface area (TPSA) is 61.8 Å². The Bertz CT molecular complexity index is 767. The fourth-order valence-electron chi connectivity index (χ4n) is 2.80. The Morgan fingerprint density at radius 2 is 1.65 bits per heavy atom. The molecule has 0 fully saturated rings. The highest BCUT2D eigenvalue weighted by atomic mass is 32.2. The first kappa shape index (κ1) is 20.8. The number of benzene rings is 2. The molecule has 0 bridgehead atoms. The Labute approximate surface area is 156 Å². The van der Waals surface area contributed by atoms with Crippen LogP contribution in [0.1, 0.15) is 25.3 Å². The Hall–Kier alpha value is -1.47. The van der Waals surface area contributed by atoms with Crippen LogP contribution in [0.15, 0.2) is 42.5 Å². The molecule has 2 rings (SSSR count). The fourth-order valence-corrected chi connectivity index (χ4v) is 3.41. The molecule has 6 heteroatoms. The van der Waals surface area contributed by atoms with Crippen LogP contribution >= 0.6 is 0 Å². The van der Waals surface area contributed by atoms with Crippen molar-refractivity contribution in [2.75, 3.05) is 32.7 Å². The molecule has 2 aromatic rings. The molecular formula is C20H28O5S. The molecule has 0 amide bonds. The Balaban J connectivity index is 1.78. The molecule has 0 unspecified atom stereocenters. The maximum absolute atomic E-state index is 11.3. The second-order valence-electron chi connectivity index (χ2n) is 6.31. The molecule has 2 aromatic carbocycles. The van der Waals surface area contributed by atoms with Crippen LogP contribution in [0, 0.1) is 0 Å². The molecule has 1 atom stereocenters. The molecule has 0 saturated carbocycles. The van der Waals surface area contributed by atoms with Crippen molar-refractivity contribution in [2.45, 2.75) is 32.3 Å². The van der Waals surface area contributed by atoms with Gasteiger partial charge in [0.25, 0.3) is 10.1 Å². The average molecular weight is 381 g/mol. The van der Waals surface area contributed by atoms with E-state index in [4.69, 9.17) is 13.7 Å². The number of ether oxygens (including phenoxy) is 2. The van der Waals surface area contributed by atoms with Crippen molar-refractivity contribution in [3.63, 3.8) is 0 Å². The molecule has 5 nitrogen and oxygen atoms in total. The molecule has 0 aliphatic heterocycles. The van der Waals surface area contributed by atoms with E-state index >= 15 is 0 Å². The van der Waals surface area contributed by atoms with Gasteiger partial charge in [0.2, 0.25) is 0 Å². The quantitative estimate of drug-likeness (QED) is 0.416. The first-order valence-electron chi connectivity index (χ1n) is 9.00. The van der Waals surface area contributed by atoms with E-state index in [0.717, 1.165) is 25.5 Å². The molecule has 0 aliphatic carbocycles. The highest BCUT2D eigenvalue weighted by molar-refractivity contribution is 7.86. The van der Waals surface area contributed by atoms with Crippen molar-refractivity contribution in [1.29, 1.82) is 0 Å². The molecule has 0 spiro atoms. The van der Waals surface area contributed by atoms with Gasteiger partial charge >= 0.3 is 0 Å². The van der Waals surface area contributed by atoms with Crippen LogP contribution < -0.4 is 0 Å². The summed E-state index contributed by atoms with van der Waals surface area (Å²) in [6.07, 6.45) is 3.08. The summed E-state index contributed by atoms with van der Waals surface area (Å²) < 4.78 is 38.7. The molecule has 0 saturated heterocycles. The summed E-state index contributed by atoms with van der Waals surface area (Å²) in [5.74, 6) is 0. The largest absolute Gasteiger partial charge is 0.379 e. The lowest BCUT2D eigenvalue weighted by Gasteiger charge is -2.16. The predicted octanol–water partition coefficient (Wildman–Crippen LogP) is 3.56. The Morgan fingerprint density at radius 3 is 2.38 bits per heavy atom. The third-order valence-corrected chi connectivity index (χ3v) is 4.50. The van der Waals surface area contributed by atoms with Crippen LogP contribution in [-0.4, -0.2) is 47.2 Å². The predicted molar refractivity (Wildman–Crippen MR) is 104 cm³/mol. The monoisotopic (exact) mass is 380 g/mol. The van der Waals surface area contributed by atoms with E-state index < -0.39 is 16.2 Å². The fraction of sp³-hybridized carbons (Fsp3) is 0.500. The molecule has 144 valence electrons. The van der Waals surface area contributed by atoms with E-state index in [2.05, 4.69) is 30.3 Å². The first-order valence-corrected chi connectivity index (χ1v) is 10.8. The Kier molecular flexibility index (Phi) is 8.51. The number of fused-ring (bicyclic) bond motifs is 1. The minimum absolute atomic E-state index is 0.201. The van der Waals surface area contributed by atoms with E-state index in [-0.39, 0.29) is 13.2 Å². The van der Waals surface area contributed by atoms with Gasteiger partial charge in [-0.3, -0.25) is 4.18 Å². The molecule has 0 radical (unpaired) electrons. The van der Waals surface area contributed by atoms with E-state index in [0.29, 0.717) is 13.2 Å². The van der Waals surface area contributed by atoms with Crippen LogP contribution in [0.5, 0.6) is 0 Å². The van der Waals surface area contributed by atoms with Gasteiger partial charge in [-0.25, -0.2) is 0 Å². The summed E-state index contributed by atoms with van der Waals surface area (Å²) in [5, 5.41) is 2.50. The van der Waals surface area contributed by atoms with Gasteiger partial charge in [-0.2, -0.15) is 8.42 Å². The summed E-state index contributed by atoms with van der Waals surface area (Å²) in [5.41, 5.74) is 1.29. The minimum Gasteiger partial charge on any atom is -0.379 e. The van der Waals surface area contributed by atoms with Gasteiger partial charge < -0.3 is 9.47 Å². The summed E-state index contributed by atoms with van der Waals surface area (Å²) >= 11 is 0. The molecule has 0 aromatic heterocycles. The minimum atomic E-state index is -3.53. The summed E-state index contributed by atoms with van der Waals surface area (Å²) in [4.78, 5) is 0. The number of aryl methyl sites for hydroxylation is 1. The van der Waals surface area contributed by atoms with E-state index in [1.165, 1.54) is 16.3 Å². The van der Waals surface area contributed by atoms with Crippen LogP contribution in [0.3, 0.4) is 0 Å². The van der Waals surface area contributed by atoms with Gasteiger partial charge in [-0.05, 0) is 35.6 Å². The van der Waals surface area contributed by atoms with Crippen molar-refractivity contribution in [2.24, 2.45) is 0 Å². The SMILES string of the molecule is CCCOC[C@@H](COCCCc1cccc2ccccc12)OS(C)(=O)=O. The van der Waals surface area contributed by atoms with Gasteiger partial charge in [0.1, 0.15) is 6.10 Å². The van der Waals surface area contributed by atoms with Gasteiger partial charge in [0.15, 0.2) is 0 Å². The molecule has 0 heterocycles. The van der Waals surface area contributed by atoms with Crippen LogP contribution in [0.4, 0.5) is 0 Å². The zero-order valence-corrected chi connectivity index (χ0v) is 16.3. The second kappa shape index (κ2) is 10.6. The highest BCUT2D eigenvalue weighted by Gasteiger charge is 2.16. The lowest BCUT2D eigenvalue weighted by Crippen LogP contribution is -2.28. The number of hydrogen-bond donors (Lipinski definition) is 0. The zero-order valence-electron chi connectivity index (χ0n) is 15.5. The standard InChI is InChI=1S/C20H28O5S/c1-3-13-23-15-19(25-26(2,21)22)16-24-14-7-11-18-10-6-9-17-8-4-5-12-20(17)18/h4-6,8-10,12,19H,3,7,11,13-16H2,1-2H3/t19-/m0/s1. The molecule has 26 heavy (non-hydrogen) atoms. The van der Waals surface area contributed by atoms with Crippen molar-refractivity contribution in [3.8, 4) is 0 Å². The van der Waals surface area contributed by atoms with Crippen LogP contribution in [-0.2, 0) is 30.2 Å². The Morgan fingerprint density at radius 1 is 0.962 bits per heavy atom. The number of hydrogen-bond acceptors (Lipinski definition) is 5. The summed E-state index contributed by atoms with van der Waals surface area (Å²) in [7, 11) is -3.53.